The van der Waals surface area contributed by atoms with Crippen LogP contribution in [0.4, 0.5) is 0 Å². The minimum absolute atomic E-state index is 0.109. The predicted molar refractivity (Wildman–Crippen MR) is 108 cm³/mol. The number of carbonyl (C=O) groups is 2. The summed E-state index contributed by atoms with van der Waals surface area (Å²) in [6.45, 7) is 8.67. The third-order valence-electron chi connectivity index (χ3n) is 3.99. The van der Waals surface area contributed by atoms with Crippen LogP contribution in [-0.4, -0.2) is 36.4 Å². The smallest absolute Gasteiger partial charge is 0.316 e. The highest BCUT2D eigenvalue weighted by atomic mass is 79.9. The number of methoxy groups -OCH3 is 1. The first-order valence-corrected chi connectivity index (χ1v) is 9.88. The van der Waals surface area contributed by atoms with E-state index in [1.165, 1.54) is 12.2 Å². The minimum atomic E-state index is -1.01. The summed E-state index contributed by atoms with van der Waals surface area (Å²) in [5, 5.41) is 1.18. The van der Waals surface area contributed by atoms with Crippen molar-refractivity contribution in [3.8, 4) is 0 Å². The van der Waals surface area contributed by atoms with E-state index < -0.39 is 22.8 Å². The number of esters is 1. The lowest BCUT2D eigenvalue weighted by Gasteiger charge is -2.32. The number of ether oxygens (including phenoxy) is 2. The Balaban J connectivity index is 2.65. The second-order valence-corrected chi connectivity index (χ2v) is 9.43. The highest BCUT2D eigenvalue weighted by molar-refractivity contribution is 9.11. The molecule has 1 aliphatic heterocycles. The number of nitrogens with zero attached hydrogens (tertiary/aromatic N) is 1. The van der Waals surface area contributed by atoms with Gasteiger partial charge in [0.1, 0.15) is 11.3 Å². The standard InChI is InChI=1S/C19H23Br2NO5/c1-18(2,3)17(24)27-15-14(12-9-11(20)7-8-13(12)21)16(23)22(19(15,4)5)26-10-25-6/h7-9H,10H2,1-6H3. The van der Waals surface area contributed by atoms with Gasteiger partial charge in [0.05, 0.1) is 11.0 Å². The topological polar surface area (TPSA) is 65.1 Å². The number of benzene rings is 1. The Hall–Kier alpha value is -1.22. The first kappa shape index (κ1) is 22.1. The third kappa shape index (κ3) is 4.45. The Morgan fingerprint density at radius 2 is 1.85 bits per heavy atom. The van der Waals surface area contributed by atoms with E-state index in [2.05, 4.69) is 31.9 Å². The maximum absolute atomic E-state index is 13.2. The average molecular weight is 505 g/mol. The van der Waals surface area contributed by atoms with Gasteiger partial charge in [0.15, 0.2) is 6.79 Å². The Kier molecular flexibility index (Phi) is 6.56. The van der Waals surface area contributed by atoms with Crippen molar-refractivity contribution in [3.63, 3.8) is 0 Å². The molecule has 2 rings (SSSR count). The van der Waals surface area contributed by atoms with Gasteiger partial charge in [0, 0.05) is 21.6 Å². The maximum Gasteiger partial charge on any atom is 0.316 e. The molecule has 0 N–H and O–H groups in total. The molecule has 1 amide bonds. The van der Waals surface area contributed by atoms with Crippen molar-refractivity contribution in [1.82, 2.24) is 5.06 Å². The quantitative estimate of drug-likeness (QED) is 0.430. The molecule has 0 unspecified atom stereocenters. The van der Waals surface area contributed by atoms with Gasteiger partial charge < -0.3 is 9.47 Å². The molecule has 6 nitrogen and oxygen atoms in total. The first-order chi connectivity index (χ1) is 12.4. The van der Waals surface area contributed by atoms with Gasteiger partial charge in [-0.25, -0.2) is 9.90 Å². The number of hydrogen-bond acceptors (Lipinski definition) is 5. The van der Waals surface area contributed by atoms with E-state index in [0.717, 1.165) is 4.47 Å². The van der Waals surface area contributed by atoms with Gasteiger partial charge in [-0.1, -0.05) is 31.9 Å². The summed E-state index contributed by atoms with van der Waals surface area (Å²) in [6.07, 6.45) is 0. The third-order valence-corrected chi connectivity index (χ3v) is 5.18. The molecule has 0 aliphatic carbocycles. The van der Waals surface area contributed by atoms with Crippen LogP contribution in [0.5, 0.6) is 0 Å². The van der Waals surface area contributed by atoms with Gasteiger partial charge in [0.25, 0.3) is 5.91 Å². The number of amides is 1. The summed E-state index contributed by atoms with van der Waals surface area (Å²) in [7, 11) is 1.47. The summed E-state index contributed by atoms with van der Waals surface area (Å²) in [5.74, 6) is -0.606. The molecule has 0 atom stereocenters. The maximum atomic E-state index is 13.2. The molecule has 1 aliphatic rings. The zero-order valence-electron chi connectivity index (χ0n) is 16.2. The summed E-state index contributed by atoms with van der Waals surface area (Å²) in [5.41, 5.74) is -0.871. The molecule has 0 radical (unpaired) electrons. The van der Waals surface area contributed by atoms with E-state index >= 15 is 0 Å². The van der Waals surface area contributed by atoms with Crippen LogP contribution < -0.4 is 0 Å². The van der Waals surface area contributed by atoms with Gasteiger partial charge >= 0.3 is 5.97 Å². The van der Waals surface area contributed by atoms with Crippen molar-refractivity contribution in [2.45, 2.75) is 40.2 Å². The molecule has 0 fully saturated rings. The zero-order chi connectivity index (χ0) is 20.6. The van der Waals surface area contributed by atoms with Gasteiger partial charge in [-0.3, -0.25) is 9.59 Å². The van der Waals surface area contributed by atoms with Gasteiger partial charge in [-0.2, -0.15) is 0 Å². The molecule has 0 saturated heterocycles. The van der Waals surface area contributed by atoms with Crippen LogP contribution in [-0.2, 0) is 23.9 Å². The number of hydroxylamine groups is 2. The molecule has 0 saturated carbocycles. The zero-order valence-corrected chi connectivity index (χ0v) is 19.4. The van der Waals surface area contributed by atoms with E-state index in [-0.39, 0.29) is 18.1 Å². The first-order valence-electron chi connectivity index (χ1n) is 8.30. The molecule has 0 aromatic heterocycles. The monoisotopic (exact) mass is 503 g/mol. The molecule has 0 bridgehead atoms. The van der Waals surface area contributed by atoms with Crippen molar-refractivity contribution < 1.29 is 23.9 Å². The van der Waals surface area contributed by atoms with Gasteiger partial charge in [-0.05, 0) is 52.8 Å². The lowest BCUT2D eigenvalue weighted by molar-refractivity contribution is -0.239. The molecule has 1 heterocycles. The fourth-order valence-electron chi connectivity index (χ4n) is 2.52. The molecule has 8 heteroatoms. The van der Waals surface area contributed by atoms with Crippen LogP contribution in [0, 0.1) is 5.41 Å². The van der Waals surface area contributed by atoms with E-state index in [9.17, 15) is 9.59 Å². The van der Waals surface area contributed by atoms with Crippen LogP contribution in [0.3, 0.4) is 0 Å². The van der Waals surface area contributed by atoms with E-state index in [4.69, 9.17) is 14.3 Å². The Morgan fingerprint density at radius 3 is 2.41 bits per heavy atom. The minimum Gasteiger partial charge on any atom is -0.427 e. The van der Waals surface area contributed by atoms with Crippen LogP contribution >= 0.6 is 31.9 Å². The Labute approximate surface area is 176 Å². The van der Waals surface area contributed by atoms with E-state index in [0.29, 0.717) is 10.0 Å². The highest BCUT2D eigenvalue weighted by Gasteiger charge is 2.50. The normalized spacial score (nSPS) is 16.9. The summed E-state index contributed by atoms with van der Waals surface area (Å²) in [4.78, 5) is 31.3. The van der Waals surface area contributed by atoms with Crippen molar-refractivity contribution in [2.75, 3.05) is 13.9 Å². The van der Waals surface area contributed by atoms with Gasteiger partial charge in [-0.15, -0.1) is 0 Å². The second kappa shape index (κ2) is 8.03. The highest BCUT2D eigenvalue weighted by Crippen LogP contribution is 2.44. The molecular formula is C19H23Br2NO5. The fraction of sp³-hybridized carbons (Fsp3) is 0.474. The average Bonchev–Trinajstić information content (AvgIpc) is 2.73. The predicted octanol–water partition coefficient (Wildman–Crippen LogP) is 4.67. The van der Waals surface area contributed by atoms with Crippen molar-refractivity contribution in [2.24, 2.45) is 5.41 Å². The van der Waals surface area contributed by atoms with Crippen LogP contribution in [0.15, 0.2) is 32.9 Å². The van der Waals surface area contributed by atoms with Gasteiger partial charge in [0.2, 0.25) is 0 Å². The summed E-state index contributed by atoms with van der Waals surface area (Å²) < 4.78 is 12.2. The van der Waals surface area contributed by atoms with Crippen LogP contribution in [0.2, 0.25) is 0 Å². The SMILES string of the molecule is COCON1C(=O)C(c2cc(Br)ccc2Br)=C(OC(=O)C(C)(C)C)C1(C)C. The lowest BCUT2D eigenvalue weighted by atomic mass is 9.96. The van der Waals surface area contributed by atoms with Crippen molar-refractivity contribution in [1.29, 1.82) is 0 Å². The molecule has 1 aromatic carbocycles. The summed E-state index contributed by atoms with van der Waals surface area (Å²) >= 11 is 6.90. The molecule has 148 valence electrons. The van der Waals surface area contributed by atoms with Crippen molar-refractivity contribution in [3.05, 3.63) is 38.5 Å². The second-order valence-electron chi connectivity index (χ2n) is 7.66. The fourth-order valence-corrected chi connectivity index (χ4v) is 3.33. The molecule has 1 aromatic rings. The Bertz CT molecular complexity index is 796. The van der Waals surface area contributed by atoms with Crippen LogP contribution in [0.25, 0.3) is 5.57 Å². The Morgan fingerprint density at radius 1 is 1.22 bits per heavy atom. The number of rotatable bonds is 5. The van der Waals surface area contributed by atoms with E-state index in [1.54, 1.807) is 40.7 Å². The summed E-state index contributed by atoms with van der Waals surface area (Å²) in [6, 6.07) is 5.45. The van der Waals surface area contributed by atoms with Crippen LogP contribution in [0.1, 0.15) is 40.2 Å². The molecule has 27 heavy (non-hydrogen) atoms. The number of halogens is 2. The van der Waals surface area contributed by atoms with E-state index in [1.807, 2.05) is 12.1 Å². The number of carbonyl (C=O) groups excluding carboxylic acids is 2. The number of hydrogen-bond donors (Lipinski definition) is 0. The lowest BCUT2D eigenvalue weighted by Crippen LogP contribution is -2.45. The molecular weight excluding hydrogens is 482 g/mol. The largest absolute Gasteiger partial charge is 0.427 e. The molecule has 0 spiro atoms. The van der Waals surface area contributed by atoms with Crippen molar-refractivity contribution >= 4 is 49.3 Å².